The topological polar surface area (TPSA) is 56.7 Å². The molecule has 19 heavy (non-hydrogen) atoms. The minimum absolute atomic E-state index is 0.803. The third kappa shape index (κ3) is 2.29. The molecule has 96 valence electrons. The molecule has 3 rings (SSSR count). The van der Waals surface area contributed by atoms with Crippen molar-refractivity contribution in [2.45, 2.75) is 12.8 Å². The van der Waals surface area contributed by atoms with E-state index in [9.17, 15) is 0 Å². The van der Waals surface area contributed by atoms with E-state index in [0.717, 1.165) is 35.4 Å². The van der Waals surface area contributed by atoms with Gasteiger partial charge in [-0.15, -0.1) is 0 Å². The summed E-state index contributed by atoms with van der Waals surface area (Å²) >= 11 is 0. The summed E-state index contributed by atoms with van der Waals surface area (Å²) in [6, 6.07) is 10.0. The van der Waals surface area contributed by atoms with Crippen LogP contribution in [-0.4, -0.2) is 14.5 Å². The number of nitrogen functional groups attached to an aromatic ring is 1. The van der Waals surface area contributed by atoms with Crippen molar-refractivity contribution >= 4 is 16.7 Å². The van der Waals surface area contributed by atoms with Crippen LogP contribution in [0.25, 0.3) is 11.0 Å². The maximum absolute atomic E-state index is 5.69. The fourth-order valence-corrected chi connectivity index (χ4v) is 2.27. The fraction of sp³-hybridized carbons (Fsp3) is 0.200. The lowest BCUT2D eigenvalue weighted by Gasteiger charge is -2.03. The third-order valence-electron chi connectivity index (χ3n) is 3.39. The van der Waals surface area contributed by atoms with Crippen molar-refractivity contribution in [1.82, 2.24) is 14.5 Å². The van der Waals surface area contributed by atoms with Crippen LogP contribution in [0, 0.1) is 0 Å². The molecule has 2 N–H and O–H groups in total. The van der Waals surface area contributed by atoms with E-state index in [1.807, 2.05) is 31.4 Å². The van der Waals surface area contributed by atoms with E-state index in [1.165, 1.54) is 5.56 Å². The van der Waals surface area contributed by atoms with E-state index in [1.54, 1.807) is 6.20 Å². The molecular weight excluding hydrogens is 236 g/mol. The van der Waals surface area contributed by atoms with Crippen molar-refractivity contribution in [2.24, 2.45) is 7.05 Å². The van der Waals surface area contributed by atoms with Crippen LogP contribution < -0.4 is 5.73 Å². The highest BCUT2D eigenvalue weighted by Gasteiger charge is 2.07. The molecule has 3 aromatic rings. The molecule has 0 atom stereocenters. The Bertz CT molecular complexity index is 698. The second-order valence-electron chi connectivity index (χ2n) is 4.69. The van der Waals surface area contributed by atoms with E-state index in [4.69, 9.17) is 5.73 Å². The average molecular weight is 252 g/mol. The summed E-state index contributed by atoms with van der Waals surface area (Å²) in [5.74, 6) is 1.08. The zero-order valence-electron chi connectivity index (χ0n) is 10.9. The maximum Gasteiger partial charge on any atom is 0.109 e. The van der Waals surface area contributed by atoms with E-state index < -0.39 is 0 Å². The molecule has 0 saturated heterocycles. The first-order valence-corrected chi connectivity index (χ1v) is 6.34. The molecule has 0 bridgehead atoms. The van der Waals surface area contributed by atoms with Crippen LogP contribution in [0.2, 0.25) is 0 Å². The van der Waals surface area contributed by atoms with Crippen molar-refractivity contribution in [3.05, 3.63) is 54.1 Å². The highest BCUT2D eigenvalue weighted by Crippen LogP contribution is 2.15. The Morgan fingerprint density at radius 2 is 1.89 bits per heavy atom. The van der Waals surface area contributed by atoms with Crippen molar-refractivity contribution in [2.75, 3.05) is 5.73 Å². The Hall–Kier alpha value is -2.36. The minimum Gasteiger partial charge on any atom is -0.399 e. The number of imidazole rings is 1. The second-order valence-corrected chi connectivity index (χ2v) is 4.69. The summed E-state index contributed by atoms with van der Waals surface area (Å²) < 4.78 is 2.13. The van der Waals surface area contributed by atoms with E-state index in [0.29, 0.717) is 0 Å². The molecule has 0 aliphatic rings. The SMILES string of the molecule is Cn1c(CCc2ccc(N)cc2)nc2cnccc21. The first-order valence-electron chi connectivity index (χ1n) is 6.34. The Labute approximate surface area is 111 Å². The first-order chi connectivity index (χ1) is 9.24. The predicted octanol–water partition coefficient (Wildman–Crippen LogP) is 2.34. The Morgan fingerprint density at radius 1 is 1.11 bits per heavy atom. The summed E-state index contributed by atoms with van der Waals surface area (Å²) in [5.41, 5.74) is 9.85. The molecule has 0 aliphatic heterocycles. The summed E-state index contributed by atoms with van der Waals surface area (Å²) in [5, 5.41) is 0. The fourth-order valence-electron chi connectivity index (χ4n) is 2.27. The highest BCUT2D eigenvalue weighted by molar-refractivity contribution is 5.74. The van der Waals surface area contributed by atoms with E-state index >= 15 is 0 Å². The lowest BCUT2D eigenvalue weighted by atomic mass is 10.1. The average Bonchev–Trinajstić information content (AvgIpc) is 2.76. The van der Waals surface area contributed by atoms with Gasteiger partial charge in [0.05, 0.1) is 11.7 Å². The number of anilines is 1. The Kier molecular flexibility index (Phi) is 2.91. The summed E-state index contributed by atoms with van der Waals surface area (Å²) in [6.07, 6.45) is 5.48. The van der Waals surface area contributed by atoms with Gasteiger partial charge >= 0.3 is 0 Å². The number of benzene rings is 1. The van der Waals surface area contributed by atoms with Gasteiger partial charge in [-0.1, -0.05) is 12.1 Å². The molecule has 0 saturated carbocycles. The molecule has 0 unspecified atom stereocenters. The smallest absolute Gasteiger partial charge is 0.109 e. The lowest BCUT2D eigenvalue weighted by Crippen LogP contribution is -2.00. The largest absolute Gasteiger partial charge is 0.399 e. The van der Waals surface area contributed by atoms with E-state index in [2.05, 4.69) is 26.7 Å². The molecule has 0 spiro atoms. The maximum atomic E-state index is 5.69. The van der Waals surface area contributed by atoms with Gasteiger partial charge in [-0.05, 0) is 30.2 Å². The van der Waals surface area contributed by atoms with Crippen molar-refractivity contribution in [1.29, 1.82) is 0 Å². The van der Waals surface area contributed by atoms with Gasteiger partial charge in [-0.3, -0.25) is 4.98 Å². The van der Waals surface area contributed by atoms with Gasteiger partial charge in [0.2, 0.25) is 0 Å². The number of aryl methyl sites for hydroxylation is 3. The molecule has 0 amide bonds. The number of nitrogens with zero attached hydrogens (tertiary/aromatic N) is 3. The van der Waals surface area contributed by atoms with Crippen LogP contribution in [0.3, 0.4) is 0 Å². The number of nitrogens with two attached hydrogens (primary N) is 1. The standard InChI is InChI=1S/C15H16N4/c1-19-14-8-9-17-10-13(14)18-15(19)7-4-11-2-5-12(16)6-3-11/h2-3,5-6,8-10H,4,7,16H2,1H3. The van der Waals surface area contributed by atoms with Gasteiger partial charge in [0, 0.05) is 25.4 Å². The van der Waals surface area contributed by atoms with Crippen molar-refractivity contribution in [3.63, 3.8) is 0 Å². The normalized spacial score (nSPS) is 11.0. The predicted molar refractivity (Wildman–Crippen MR) is 76.8 cm³/mol. The molecular formula is C15H16N4. The molecule has 0 aliphatic carbocycles. The zero-order valence-corrected chi connectivity index (χ0v) is 10.9. The van der Waals surface area contributed by atoms with Crippen LogP contribution in [0.15, 0.2) is 42.7 Å². The van der Waals surface area contributed by atoms with Gasteiger partial charge in [0.1, 0.15) is 11.3 Å². The number of aromatic nitrogens is 3. The van der Waals surface area contributed by atoms with Crippen LogP contribution in [-0.2, 0) is 19.9 Å². The van der Waals surface area contributed by atoms with Crippen molar-refractivity contribution < 1.29 is 0 Å². The number of rotatable bonds is 3. The number of fused-ring (bicyclic) bond motifs is 1. The Balaban J connectivity index is 1.82. The molecule has 4 heteroatoms. The van der Waals surface area contributed by atoms with Gasteiger partial charge in [0.25, 0.3) is 0 Å². The van der Waals surface area contributed by atoms with Gasteiger partial charge in [-0.2, -0.15) is 0 Å². The first kappa shape index (κ1) is 11.7. The summed E-state index contributed by atoms with van der Waals surface area (Å²) in [7, 11) is 2.05. The van der Waals surface area contributed by atoms with Gasteiger partial charge < -0.3 is 10.3 Å². The number of hydrogen-bond acceptors (Lipinski definition) is 3. The zero-order chi connectivity index (χ0) is 13.2. The van der Waals surface area contributed by atoms with Gasteiger partial charge in [-0.25, -0.2) is 4.98 Å². The lowest BCUT2D eigenvalue weighted by molar-refractivity contribution is 0.787. The Morgan fingerprint density at radius 3 is 2.63 bits per heavy atom. The van der Waals surface area contributed by atoms with Crippen molar-refractivity contribution in [3.8, 4) is 0 Å². The molecule has 0 radical (unpaired) electrons. The van der Waals surface area contributed by atoms with Crippen LogP contribution in [0.4, 0.5) is 5.69 Å². The monoisotopic (exact) mass is 252 g/mol. The summed E-state index contributed by atoms with van der Waals surface area (Å²) in [4.78, 5) is 8.73. The molecule has 1 aromatic carbocycles. The molecule has 4 nitrogen and oxygen atoms in total. The number of pyridine rings is 1. The highest BCUT2D eigenvalue weighted by atomic mass is 15.1. The number of hydrogen-bond donors (Lipinski definition) is 1. The quantitative estimate of drug-likeness (QED) is 0.728. The van der Waals surface area contributed by atoms with E-state index in [-0.39, 0.29) is 0 Å². The van der Waals surface area contributed by atoms with Crippen LogP contribution in [0.1, 0.15) is 11.4 Å². The second kappa shape index (κ2) is 4.72. The third-order valence-corrected chi connectivity index (χ3v) is 3.39. The van der Waals surface area contributed by atoms with Crippen LogP contribution in [0.5, 0.6) is 0 Å². The minimum atomic E-state index is 0.803. The van der Waals surface area contributed by atoms with Gasteiger partial charge in [0.15, 0.2) is 0 Å². The molecule has 2 heterocycles. The summed E-state index contributed by atoms with van der Waals surface area (Å²) in [6.45, 7) is 0. The van der Waals surface area contributed by atoms with Crippen LogP contribution >= 0.6 is 0 Å². The molecule has 2 aromatic heterocycles. The molecule has 0 fully saturated rings.